The maximum Gasteiger partial charge on any atom is 0.246 e. The molecular weight excluding hydrogens is 228 g/mol. The van der Waals surface area contributed by atoms with Gasteiger partial charge in [-0.25, -0.2) is 0 Å². The van der Waals surface area contributed by atoms with Gasteiger partial charge in [-0.15, -0.1) is 0 Å². The van der Waals surface area contributed by atoms with Crippen molar-refractivity contribution in [1.82, 2.24) is 4.98 Å². The largest absolute Gasteiger partial charge is 0.481 e. The van der Waals surface area contributed by atoms with E-state index in [0.717, 1.165) is 12.2 Å². The second kappa shape index (κ2) is 5.40. The first-order valence-electron chi connectivity index (χ1n) is 5.80. The van der Waals surface area contributed by atoms with E-state index in [2.05, 4.69) is 18.0 Å². The molecule has 0 amide bonds. The van der Waals surface area contributed by atoms with Gasteiger partial charge in [-0.05, 0) is 30.2 Å². The zero-order valence-electron chi connectivity index (χ0n) is 10.5. The summed E-state index contributed by atoms with van der Waals surface area (Å²) >= 11 is 0. The maximum atomic E-state index is 5.82. The average Bonchev–Trinajstić information content (AvgIpc) is 2.41. The zero-order chi connectivity index (χ0) is 13.0. The van der Waals surface area contributed by atoms with Crippen LogP contribution in [0.1, 0.15) is 12.5 Å². The van der Waals surface area contributed by atoms with Gasteiger partial charge in [0.05, 0.1) is 12.8 Å². The van der Waals surface area contributed by atoms with E-state index < -0.39 is 0 Å². The van der Waals surface area contributed by atoms with Crippen LogP contribution in [0.5, 0.6) is 17.5 Å². The maximum absolute atomic E-state index is 5.82. The van der Waals surface area contributed by atoms with Crippen molar-refractivity contribution >= 4 is 5.69 Å². The first-order valence-corrected chi connectivity index (χ1v) is 5.80. The minimum absolute atomic E-state index is 0.364. The third-order valence-corrected chi connectivity index (χ3v) is 2.59. The second-order valence-corrected chi connectivity index (χ2v) is 3.85. The normalized spacial score (nSPS) is 10.1. The highest BCUT2D eigenvalue weighted by Crippen LogP contribution is 2.27. The summed E-state index contributed by atoms with van der Waals surface area (Å²) in [6.07, 6.45) is 0.957. The molecule has 0 unspecified atom stereocenters. The van der Waals surface area contributed by atoms with Crippen molar-refractivity contribution in [3.63, 3.8) is 0 Å². The van der Waals surface area contributed by atoms with Crippen molar-refractivity contribution < 1.29 is 9.47 Å². The smallest absolute Gasteiger partial charge is 0.246 e. The van der Waals surface area contributed by atoms with Crippen LogP contribution >= 0.6 is 0 Å². The fourth-order valence-electron chi connectivity index (χ4n) is 1.57. The van der Waals surface area contributed by atoms with E-state index >= 15 is 0 Å². The Morgan fingerprint density at radius 1 is 1.22 bits per heavy atom. The van der Waals surface area contributed by atoms with Gasteiger partial charge in [0, 0.05) is 6.07 Å². The molecule has 0 bridgehead atoms. The van der Waals surface area contributed by atoms with Crippen molar-refractivity contribution in [1.29, 1.82) is 0 Å². The fourth-order valence-corrected chi connectivity index (χ4v) is 1.57. The van der Waals surface area contributed by atoms with Crippen LogP contribution in [0.15, 0.2) is 36.4 Å². The van der Waals surface area contributed by atoms with Crippen LogP contribution in [0.3, 0.4) is 0 Å². The Morgan fingerprint density at radius 2 is 2.06 bits per heavy atom. The molecule has 0 radical (unpaired) electrons. The highest BCUT2D eigenvalue weighted by molar-refractivity contribution is 5.51. The summed E-state index contributed by atoms with van der Waals surface area (Å²) in [5, 5.41) is 0. The Morgan fingerprint density at radius 3 is 2.78 bits per heavy atom. The van der Waals surface area contributed by atoms with Crippen molar-refractivity contribution in [2.45, 2.75) is 13.3 Å². The number of pyridine rings is 1. The van der Waals surface area contributed by atoms with Crippen LogP contribution in [0, 0.1) is 0 Å². The third-order valence-electron chi connectivity index (χ3n) is 2.59. The molecule has 4 heteroatoms. The molecule has 2 N–H and O–H groups in total. The molecule has 0 saturated heterocycles. The molecule has 0 atom stereocenters. The van der Waals surface area contributed by atoms with Crippen LogP contribution in [0.2, 0.25) is 0 Å². The predicted octanol–water partition coefficient (Wildman–Crippen LogP) is 3.03. The first-order chi connectivity index (χ1) is 8.72. The number of nitrogen functional groups attached to an aromatic ring is 1. The summed E-state index contributed by atoms with van der Waals surface area (Å²) in [6.45, 7) is 2.09. The molecule has 2 aromatic rings. The SMILES string of the molecule is CCc1cccc(Oc2nc(OC)ccc2N)c1. The van der Waals surface area contributed by atoms with E-state index in [0.29, 0.717) is 17.4 Å². The van der Waals surface area contributed by atoms with Gasteiger partial charge < -0.3 is 15.2 Å². The molecule has 94 valence electrons. The van der Waals surface area contributed by atoms with Gasteiger partial charge in [-0.2, -0.15) is 4.98 Å². The summed E-state index contributed by atoms with van der Waals surface area (Å²) in [5.74, 6) is 1.57. The zero-order valence-corrected chi connectivity index (χ0v) is 10.5. The van der Waals surface area contributed by atoms with E-state index in [4.69, 9.17) is 15.2 Å². The summed E-state index contributed by atoms with van der Waals surface area (Å²) in [7, 11) is 1.56. The van der Waals surface area contributed by atoms with Crippen LogP contribution in [-0.2, 0) is 6.42 Å². The number of hydrogen-bond donors (Lipinski definition) is 1. The van der Waals surface area contributed by atoms with E-state index in [1.807, 2.05) is 18.2 Å². The van der Waals surface area contributed by atoms with Crippen LogP contribution in [-0.4, -0.2) is 12.1 Å². The first kappa shape index (κ1) is 12.2. The van der Waals surface area contributed by atoms with Crippen molar-refractivity contribution in [2.24, 2.45) is 0 Å². The molecule has 0 aliphatic rings. The van der Waals surface area contributed by atoms with Crippen molar-refractivity contribution in [3.8, 4) is 17.5 Å². The molecule has 0 saturated carbocycles. The second-order valence-electron chi connectivity index (χ2n) is 3.85. The number of hydrogen-bond acceptors (Lipinski definition) is 4. The Balaban J connectivity index is 2.27. The number of benzene rings is 1. The van der Waals surface area contributed by atoms with E-state index in [9.17, 15) is 0 Å². The monoisotopic (exact) mass is 244 g/mol. The van der Waals surface area contributed by atoms with Crippen LogP contribution in [0.25, 0.3) is 0 Å². The Kier molecular flexibility index (Phi) is 3.67. The molecule has 1 heterocycles. The number of nitrogens with two attached hydrogens (primary N) is 1. The quantitative estimate of drug-likeness (QED) is 0.898. The number of anilines is 1. The molecule has 0 aliphatic carbocycles. The predicted molar refractivity (Wildman–Crippen MR) is 71.1 cm³/mol. The molecule has 2 rings (SSSR count). The van der Waals surface area contributed by atoms with Gasteiger partial charge in [0.15, 0.2) is 0 Å². The Labute approximate surface area is 106 Å². The molecule has 0 fully saturated rings. The minimum Gasteiger partial charge on any atom is -0.481 e. The highest BCUT2D eigenvalue weighted by Gasteiger charge is 2.06. The third kappa shape index (κ3) is 2.71. The Hall–Kier alpha value is -2.23. The van der Waals surface area contributed by atoms with Gasteiger partial charge in [-0.3, -0.25) is 0 Å². The van der Waals surface area contributed by atoms with E-state index in [1.54, 1.807) is 19.2 Å². The Bertz CT molecular complexity index is 541. The number of nitrogens with zero attached hydrogens (tertiary/aromatic N) is 1. The highest BCUT2D eigenvalue weighted by atomic mass is 16.5. The van der Waals surface area contributed by atoms with Crippen molar-refractivity contribution in [3.05, 3.63) is 42.0 Å². The molecule has 4 nitrogen and oxygen atoms in total. The summed E-state index contributed by atoms with van der Waals surface area (Å²) in [6, 6.07) is 11.3. The number of methoxy groups -OCH3 is 1. The van der Waals surface area contributed by atoms with Crippen molar-refractivity contribution in [2.75, 3.05) is 12.8 Å². The van der Waals surface area contributed by atoms with Crippen LogP contribution < -0.4 is 15.2 Å². The van der Waals surface area contributed by atoms with Gasteiger partial charge in [0.2, 0.25) is 11.8 Å². The molecule has 18 heavy (non-hydrogen) atoms. The van der Waals surface area contributed by atoms with Crippen LogP contribution in [0.4, 0.5) is 5.69 Å². The summed E-state index contributed by atoms with van der Waals surface area (Å²) < 4.78 is 10.7. The molecule has 1 aromatic heterocycles. The molecule has 1 aromatic carbocycles. The lowest BCUT2D eigenvalue weighted by Gasteiger charge is -2.09. The van der Waals surface area contributed by atoms with Gasteiger partial charge in [0.25, 0.3) is 0 Å². The van der Waals surface area contributed by atoms with E-state index in [1.165, 1.54) is 5.56 Å². The van der Waals surface area contributed by atoms with E-state index in [-0.39, 0.29) is 0 Å². The van der Waals surface area contributed by atoms with Gasteiger partial charge >= 0.3 is 0 Å². The standard InChI is InChI=1S/C14H16N2O2/c1-3-10-5-4-6-11(9-10)18-14-12(15)7-8-13(16-14)17-2/h4-9H,3,15H2,1-2H3. The van der Waals surface area contributed by atoms with Gasteiger partial charge in [-0.1, -0.05) is 19.1 Å². The number of aromatic nitrogens is 1. The topological polar surface area (TPSA) is 57.4 Å². The molecule has 0 aliphatic heterocycles. The lowest BCUT2D eigenvalue weighted by atomic mass is 10.2. The average molecular weight is 244 g/mol. The number of rotatable bonds is 4. The number of aryl methyl sites for hydroxylation is 1. The van der Waals surface area contributed by atoms with Gasteiger partial charge in [0.1, 0.15) is 5.75 Å². The number of ether oxygens (including phenoxy) is 2. The summed E-state index contributed by atoms with van der Waals surface area (Å²) in [5.41, 5.74) is 7.51. The fraction of sp³-hybridized carbons (Fsp3) is 0.214. The molecular formula is C14H16N2O2. The minimum atomic E-state index is 0.364. The lowest BCUT2D eigenvalue weighted by molar-refractivity contribution is 0.384. The summed E-state index contributed by atoms with van der Waals surface area (Å²) in [4.78, 5) is 4.17. The molecule has 0 spiro atoms. The lowest BCUT2D eigenvalue weighted by Crippen LogP contribution is -1.97.